The highest BCUT2D eigenvalue weighted by Crippen LogP contribution is 2.41. The average Bonchev–Trinajstić information content (AvgIpc) is 3.51. The smallest absolute Gasteiger partial charge is 0.163 e. The summed E-state index contributed by atoms with van der Waals surface area (Å²) in [5.41, 5.74) is 1.73. The van der Waals surface area contributed by atoms with Crippen molar-refractivity contribution in [3.8, 4) is 5.75 Å². The van der Waals surface area contributed by atoms with Crippen LogP contribution in [0.5, 0.6) is 5.75 Å². The Morgan fingerprint density at radius 1 is 1.17 bits per heavy atom. The van der Waals surface area contributed by atoms with Crippen LogP contribution in [-0.4, -0.2) is 29.3 Å². The summed E-state index contributed by atoms with van der Waals surface area (Å²) in [5.74, 6) is 2.80. The van der Waals surface area contributed by atoms with Crippen molar-refractivity contribution < 1.29 is 9.13 Å². The molecule has 1 aliphatic carbocycles. The molecule has 1 saturated carbocycles. The van der Waals surface area contributed by atoms with Gasteiger partial charge in [0.1, 0.15) is 17.7 Å². The first kappa shape index (κ1) is 19.6. The molecule has 2 aromatic rings. The van der Waals surface area contributed by atoms with Crippen LogP contribution < -0.4 is 4.74 Å². The Morgan fingerprint density at radius 3 is 2.83 bits per heavy atom. The number of hydrogen-bond acceptors (Lipinski definition) is 4. The van der Waals surface area contributed by atoms with Crippen LogP contribution in [0.1, 0.15) is 36.1 Å². The second-order valence-electron chi connectivity index (χ2n) is 7.65. The van der Waals surface area contributed by atoms with E-state index in [0.717, 1.165) is 11.6 Å². The summed E-state index contributed by atoms with van der Waals surface area (Å²) in [5, 5.41) is 4.51. The van der Waals surface area contributed by atoms with E-state index in [0.29, 0.717) is 33.8 Å². The Bertz CT molecular complexity index is 1060. The Morgan fingerprint density at radius 2 is 2.03 bits per heavy atom. The van der Waals surface area contributed by atoms with E-state index in [9.17, 15) is 4.39 Å². The summed E-state index contributed by atoms with van der Waals surface area (Å²) in [6, 6.07) is 13.0. The quantitative estimate of drug-likeness (QED) is 0.527. The normalized spacial score (nSPS) is 19.4. The number of hydrogen-bond donors (Lipinski definition) is 0. The lowest BCUT2D eigenvalue weighted by atomic mass is 10.1. The van der Waals surface area contributed by atoms with Crippen molar-refractivity contribution in [1.82, 2.24) is 10.0 Å². The summed E-state index contributed by atoms with van der Waals surface area (Å²) >= 11 is 12.1. The largest absolute Gasteiger partial charge is 0.454 e. The van der Waals surface area contributed by atoms with Crippen molar-refractivity contribution in [2.24, 2.45) is 4.99 Å². The summed E-state index contributed by atoms with van der Waals surface area (Å²) in [7, 11) is 0. The molecule has 2 heterocycles. The molecule has 0 N–H and O–H groups in total. The summed E-state index contributed by atoms with van der Waals surface area (Å²) in [6.45, 7) is 0.692. The standard InChI is InChI=1S/C23H20Cl2FN3O/c24-17-6-7-20(21(25)11-17)22(26)14-28-9-8-23-27-12-19(13-29(23)28)30-18-3-1-2-16(10-18)15-4-5-15/h1-3,6-8,10-13,15,22H,4-5,9,14H2. The molecule has 0 spiro atoms. The van der Waals surface area contributed by atoms with Gasteiger partial charge in [0.05, 0.1) is 19.0 Å². The first-order valence-corrected chi connectivity index (χ1v) is 10.7. The van der Waals surface area contributed by atoms with Gasteiger partial charge in [-0.25, -0.2) is 14.4 Å². The minimum Gasteiger partial charge on any atom is -0.454 e. The molecule has 1 unspecified atom stereocenters. The predicted molar refractivity (Wildman–Crippen MR) is 117 cm³/mol. The van der Waals surface area contributed by atoms with Gasteiger partial charge in [-0.05, 0) is 54.7 Å². The first-order valence-electron chi connectivity index (χ1n) is 9.94. The molecule has 2 aromatic carbocycles. The van der Waals surface area contributed by atoms with Gasteiger partial charge in [-0.2, -0.15) is 0 Å². The lowest BCUT2D eigenvalue weighted by Gasteiger charge is -2.31. The molecule has 0 bridgehead atoms. The van der Waals surface area contributed by atoms with Crippen LogP contribution in [0.3, 0.4) is 0 Å². The number of alkyl halides is 1. The third-order valence-corrected chi connectivity index (χ3v) is 5.97. The highest BCUT2D eigenvalue weighted by Gasteiger charge is 2.29. The van der Waals surface area contributed by atoms with Gasteiger partial charge in [0.25, 0.3) is 0 Å². The van der Waals surface area contributed by atoms with E-state index < -0.39 is 6.17 Å². The lowest BCUT2D eigenvalue weighted by molar-refractivity contribution is 0.0549. The molecule has 0 amide bonds. The maximum absolute atomic E-state index is 15.0. The highest BCUT2D eigenvalue weighted by molar-refractivity contribution is 6.35. The topological polar surface area (TPSA) is 28.1 Å². The molecular formula is C23H20Cl2FN3O. The second kappa shape index (κ2) is 8.06. The molecule has 5 rings (SSSR count). The van der Waals surface area contributed by atoms with Crippen molar-refractivity contribution in [2.75, 3.05) is 13.1 Å². The number of ether oxygens (including phenoxy) is 1. The average molecular weight is 444 g/mol. The maximum Gasteiger partial charge on any atom is 0.163 e. The number of halogens is 3. The second-order valence-corrected chi connectivity index (χ2v) is 8.49. The highest BCUT2D eigenvalue weighted by atomic mass is 35.5. The number of aliphatic imine (C=N–C) groups is 1. The molecule has 154 valence electrons. The molecule has 1 atom stereocenters. The molecule has 1 fully saturated rings. The minimum absolute atomic E-state index is 0.137. The van der Waals surface area contributed by atoms with Gasteiger partial charge in [0.2, 0.25) is 0 Å². The first-order chi connectivity index (χ1) is 14.6. The van der Waals surface area contributed by atoms with Crippen molar-refractivity contribution in [2.45, 2.75) is 24.9 Å². The van der Waals surface area contributed by atoms with Crippen LogP contribution in [-0.2, 0) is 0 Å². The van der Waals surface area contributed by atoms with Gasteiger partial charge in [-0.15, -0.1) is 0 Å². The fourth-order valence-electron chi connectivity index (χ4n) is 3.70. The number of hydrazine groups is 1. The third-order valence-electron chi connectivity index (χ3n) is 5.41. The molecule has 30 heavy (non-hydrogen) atoms. The summed E-state index contributed by atoms with van der Waals surface area (Å²) < 4.78 is 21.0. The monoisotopic (exact) mass is 443 g/mol. The zero-order valence-corrected chi connectivity index (χ0v) is 17.7. The molecule has 3 aliphatic rings. The van der Waals surface area contributed by atoms with E-state index in [-0.39, 0.29) is 6.54 Å². The van der Waals surface area contributed by atoms with Gasteiger partial charge in [0, 0.05) is 22.2 Å². The van der Waals surface area contributed by atoms with E-state index in [1.165, 1.54) is 18.4 Å². The Hall–Kier alpha value is -2.34. The van der Waals surface area contributed by atoms with Crippen LogP contribution in [0, 0.1) is 0 Å². The number of allylic oxidation sites excluding steroid dienone is 1. The maximum atomic E-state index is 15.0. The molecule has 2 aliphatic heterocycles. The molecular weight excluding hydrogens is 424 g/mol. The Balaban J connectivity index is 1.29. The van der Waals surface area contributed by atoms with Gasteiger partial charge < -0.3 is 4.74 Å². The SMILES string of the molecule is FC(CN1CC=C2N=CC(Oc3cccc(C4CC4)c3)=CN21)c1ccc(Cl)cc1Cl. The molecule has 0 saturated heterocycles. The predicted octanol–water partition coefficient (Wildman–Crippen LogP) is 6.26. The van der Waals surface area contributed by atoms with E-state index in [1.807, 2.05) is 34.4 Å². The third kappa shape index (κ3) is 4.10. The van der Waals surface area contributed by atoms with E-state index in [1.54, 1.807) is 24.4 Å². The van der Waals surface area contributed by atoms with Crippen molar-refractivity contribution in [3.05, 3.63) is 87.5 Å². The van der Waals surface area contributed by atoms with Crippen molar-refractivity contribution in [1.29, 1.82) is 0 Å². The zero-order valence-electron chi connectivity index (χ0n) is 16.1. The Kier molecular flexibility index (Phi) is 5.27. The van der Waals surface area contributed by atoms with Crippen LogP contribution in [0.25, 0.3) is 0 Å². The van der Waals surface area contributed by atoms with Crippen LogP contribution in [0.15, 0.2) is 71.3 Å². The van der Waals surface area contributed by atoms with Gasteiger partial charge in [-0.3, -0.25) is 5.01 Å². The van der Waals surface area contributed by atoms with Crippen LogP contribution in [0.4, 0.5) is 4.39 Å². The summed E-state index contributed by atoms with van der Waals surface area (Å²) in [4.78, 5) is 4.46. The fraction of sp³-hybridized carbons (Fsp3) is 0.261. The van der Waals surface area contributed by atoms with E-state index in [4.69, 9.17) is 27.9 Å². The van der Waals surface area contributed by atoms with Gasteiger partial charge >= 0.3 is 0 Å². The lowest BCUT2D eigenvalue weighted by Crippen LogP contribution is -2.37. The minimum atomic E-state index is -1.26. The van der Waals surface area contributed by atoms with Crippen LogP contribution >= 0.6 is 23.2 Å². The number of fused-ring (bicyclic) bond motifs is 1. The van der Waals surface area contributed by atoms with Crippen molar-refractivity contribution in [3.63, 3.8) is 0 Å². The van der Waals surface area contributed by atoms with Crippen molar-refractivity contribution >= 4 is 29.4 Å². The number of rotatable bonds is 6. The van der Waals surface area contributed by atoms with Gasteiger partial charge in [0.15, 0.2) is 5.76 Å². The number of nitrogens with zero attached hydrogens (tertiary/aromatic N) is 3. The van der Waals surface area contributed by atoms with Gasteiger partial charge in [-0.1, -0.05) is 41.4 Å². The fourth-order valence-corrected chi connectivity index (χ4v) is 4.22. The van der Waals surface area contributed by atoms with E-state index in [2.05, 4.69) is 17.1 Å². The van der Waals surface area contributed by atoms with Crippen LogP contribution in [0.2, 0.25) is 10.0 Å². The van der Waals surface area contributed by atoms with E-state index >= 15 is 0 Å². The molecule has 7 heteroatoms. The molecule has 0 aromatic heterocycles. The number of benzene rings is 2. The Labute approximate surface area is 184 Å². The molecule has 0 radical (unpaired) electrons. The molecule has 4 nitrogen and oxygen atoms in total. The zero-order chi connectivity index (χ0) is 20.7. The summed E-state index contributed by atoms with van der Waals surface area (Å²) in [6.07, 6.45) is 6.71.